The van der Waals surface area contributed by atoms with Gasteiger partial charge in [-0.2, -0.15) is 0 Å². The number of carbonyl (C=O) groups excluding carboxylic acids is 1. The molecule has 0 saturated carbocycles. The second kappa shape index (κ2) is 8.29. The van der Waals surface area contributed by atoms with Gasteiger partial charge in [0.25, 0.3) is 0 Å². The molecule has 4 aliphatic rings. The van der Waals surface area contributed by atoms with Gasteiger partial charge in [-0.3, -0.25) is 14.4 Å². The molecular formula is C31H28N8O. The maximum atomic E-state index is 13.9. The van der Waals surface area contributed by atoms with Gasteiger partial charge in [-0.25, -0.2) is 19.9 Å². The van der Waals surface area contributed by atoms with Crippen molar-refractivity contribution >= 4 is 29.4 Å². The summed E-state index contributed by atoms with van der Waals surface area (Å²) in [6.07, 6.45) is 22.9. The topological polar surface area (TPSA) is 113 Å². The highest BCUT2D eigenvalue weighted by Gasteiger charge is 2.52. The number of allylic oxidation sites excluding steroid dienone is 4. The number of hydrogen-bond acceptors (Lipinski definition) is 7. The van der Waals surface area contributed by atoms with Crippen LogP contribution in [0.15, 0.2) is 94.9 Å². The van der Waals surface area contributed by atoms with E-state index in [9.17, 15) is 4.79 Å². The molecule has 3 aromatic heterocycles. The lowest BCUT2D eigenvalue weighted by molar-refractivity contribution is -0.126. The normalized spacial score (nSPS) is 25.9. The summed E-state index contributed by atoms with van der Waals surface area (Å²) in [6, 6.07) is 4.03. The van der Waals surface area contributed by atoms with Gasteiger partial charge >= 0.3 is 0 Å². The van der Waals surface area contributed by atoms with Crippen LogP contribution in [0.25, 0.3) is 18.1 Å². The van der Waals surface area contributed by atoms with E-state index in [4.69, 9.17) is 15.0 Å². The average molecular weight is 529 g/mol. The van der Waals surface area contributed by atoms with Gasteiger partial charge in [0.2, 0.25) is 5.95 Å². The van der Waals surface area contributed by atoms with E-state index in [1.54, 1.807) is 23.3 Å². The molecule has 0 radical (unpaired) electrons. The highest BCUT2D eigenvalue weighted by molar-refractivity contribution is 6.20. The summed E-state index contributed by atoms with van der Waals surface area (Å²) in [4.78, 5) is 40.8. The Hall–Kier alpha value is -4.92. The first kappa shape index (κ1) is 24.1. The van der Waals surface area contributed by atoms with E-state index in [-0.39, 0.29) is 5.78 Å². The number of nitrogens with zero attached hydrogens (tertiary/aromatic N) is 6. The molecule has 2 N–H and O–H groups in total. The monoisotopic (exact) mass is 528 g/mol. The van der Waals surface area contributed by atoms with Gasteiger partial charge in [-0.1, -0.05) is 0 Å². The van der Waals surface area contributed by atoms with Crippen LogP contribution < -0.4 is 16.0 Å². The number of hydrogen-bond donors (Lipinski definition) is 2. The average Bonchev–Trinajstić information content (AvgIpc) is 3.74. The Labute approximate surface area is 230 Å². The molecule has 1 fully saturated rings. The molecule has 4 aliphatic heterocycles. The molecule has 8 bridgehead atoms. The second-order valence-corrected chi connectivity index (χ2v) is 11.4. The van der Waals surface area contributed by atoms with Crippen LogP contribution in [0.3, 0.4) is 0 Å². The highest BCUT2D eigenvalue weighted by Crippen LogP contribution is 2.43. The summed E-state index contributed by atoms with van der Waals surface area (Å²) in [5.41, 5.74) is 2.11. The van der Waals surface area contributed by atoms with Crippen LogP contribution in [0.5, 0.6) is 0 Å². The van der Waals surface area contributed by atoms with E-state index in [1.807, 2.05) is 94.6 Å². The molecule has 0 spiro atoms. The standard InChI is InChI=1S/C31H28N8O/c1-19-15-32-28(33-16-19)39-17-26(34-18-39)31-10-9-23(37-31)12-22-6-5-20(35-22)11-21-7-8-24(36-21)13-30(4)27(40)29(2,3)25(14-31)38-30/h5-18,35,38H,1-4H3. The van der Waals surface area contributed by atoms with Crippen molar-refractivity contribution in [2.75, 3.05) is 0 Å². The second-order valence-electron chi connectivity index (χ2n) is 11.4. The number of fused-ring (bicyclic) bond motifs is 6. The van der Waals surface area contributed by atoms with Gasteiger partial charge in [-0.05, 0) is 94.0 Å². The van der Waals surface area contributed by atoms with Crippen LogP contribution in [0, 0.1) is 12.3 Å². The van der Waals surface area contributed by atoms with Crippen molar-refractivity contribution in [2.24, 2.45) is 15.4 Å². The number of aromatic nitrogens is 5. The largest absolute Gasteiger partial charge is 0.373 e. The zero-order valence-electron chi connectivity index (χ0n) is 22.7. The molecule has 7 rings (SSSR count). The summed E-state index contributed by atoms with van der Waals surface area (Å²) in [7, 11) is 0. The van der Waals surface area contributed by atoms with Gasteiger partial charge in [0.15, 0.2) is 5.78 Å². The minimum atomic E-state index is -0.947. The molecule has 7 heterocycles. The van der Waals surface area contributed by atoms with Crippen molar-refractivity contribution in [1.29, 1.82) is 0 Å². The SMILES string of the molecule is Cc1cnc(-n2cnc(C34C=CC(=N3)C=c3ccc([nH]3)=CC3=NC(=CC5(C)NC(=C4)C(C)(C)C5=O)C=C3)c2)nc1. The Kier molecular flexibility index (Phi) is 5.00. The third-order valence-electron chi connectivity index (χ3n) is 7.74. The third kappa shape index (κ3) is 3.85. The van der Waals surface area contributed by atoms with Crippen molar-refractivity contribution in [2.45, 2.75) is 38.8 Å². The van der Waals surface area contributed by atoms with Gasteiger partial charge in [-0.15, -0.1) is 0 Å². The van der Waals surface area contributed by atoms with Crippen LogP contribution in [0.1, 0.15) is 32.0 Å². The first-order valence-corrected chi connectivity index (χ1v) is 13.2. The fraction of sp³-hybridized carbons (Fsp3) is 0.226. The minimum Gasteiger partial charge on any atom is -0.373 e. The quantitative estimate of drug-likeness (QED) is 0.531. The van der Waals surface area contributed by atoms with Crippen molar-refractivity contribution in [1.82, 2.24) is 29.8 Å². The molecule has 2 unspecified atom stereocenters. The molecule has 2 atom stereocenters. The van der Waals surface area contributed by atoms with Crippen LogP contribution in [-0.2, 0) is 10.3 Å². The van der Waals surface area contributed by atoms with E-state index in [0.29, 0.717) is 11.6 Å². The first-order valence-electron chi connectivity index (χ1n) is 13.2. The maximum Gasteiger partial charge on any atom is 0.234 e. The van der Waals surface area contributed by atoms with E-state index < -0.39 is 16.5 Å². The van der Waals surface area contributed by atoms with E-state index in [2.05, 4.69) is 20.3 Å². The summed E-state index contributed by atoms with van der Waals surface area (Å²) >= 11 is 0. The van der Waals surface area contributed by atoms with Gasteiger partial charge in [0.1, 0.15) is 17.4 Å². The lowest BCUT2D eigenvalue weighted by atomic mass is 9.79. The summed E-state index contributed by atoms with van der Waals surface area (Å²) in [5, 5.41) is 5.39. The van der Waals surface area contributed by atoms with Gasteiger partial charge in [0, 0.05) is 35.0 Å². The molecule has 1 saturated heterocycles. The Morgan fingerprint density at radius 1 is 0.900 bits per heavy atom. The fourth-order valence-corrected chi connectivity index (χ4v) is 5.61. The smallest absolute Gasteiger partial charge is 0.234 e. The van der Waals surface area contributed by atoms with Crippen LogP contribution >= 0.6 is 0 Å². The number of rotatable bonds is 2. The Morgan fingerprint density at radius 2 is 1.65 bits per heavy atom. The minimum absolute atomic E-state index is 0.0594. The number of nitrogens with one attached hydrogen (secondary N) is 2. The summed E-state index contributed by atoms with van der Waals surface area (Å²) in [5.74, 6) is 0.580. The third-order valence-corrected chi connectivity index (χ3v) is 7.74. The molecule has 0 aliphatic carbocycles. The Bertz CT molecular complexity index is 1890. The van der Waals surface area contributed by atoms with Crippen LogP contribution in [0.2, 0.25) is 0 Å². The van der Waals surface area contributed by atoms with Crippen LogP contribution in [0.4, 0.5) is 0 Å². The number of aliphatic imine (C=N–C) groups is 2. The molecule has 9 heteroatoms. The first-order chi connectivity index (χ1) is 19.1. The van der Waals surface area contributed by atoms with Crippen molar-refractivity contribution < 1.29 is 4.79 Å². The van der Waals surface area contributed by atoms with Gasteiger partial charge < -0.3 is 10.3 Å². The number of ketones is 1. The van der Waals surface area contributed by atoms with Crippen molar-refractivity contribution in [3.63, 3.8) is 0 Å². The zero-order chi connectivity index (χ0) is 27.7. The molecule has 198 valence electrons. The fourth-order valence-electron chi connectivity index (χ4n) is 5.61. The number of H-pyrrole nitrogens is 1. The Balaban J connectivity index is 1.44. The van der Waals surface area contributed by atoms with Crippen LogP contribution in [-0.4, -0.2) is 47.2 Å². The van der Waals surface area contributed by atoms with E-state index in [1.165, 1.54) is 0 Å². The lowest BCUT2D eigenvalue weighted by Gasteiger charge is -2.23. The summed E-state index contributed by atoms with van der Waals surface area (Å²) < 4.78 is 1.79. The zero-order valence-corrected chi connectivity index (χ0v) is 22.7. The number of aryl methyl sites for hydroxylation is 1. The Morgan fingerprint density at radius 3 is 2.42 bits per heavy atom. The molecule has 40 heavy (non-hydrogen) atoms. The van der Waals surface area contributed by atoms with Crippen molar-refractivity contribution in [3.8, 4) is 5.95 Å². The maximum absolute atomic E-state index is 13.9. The van der Waals surface area contributed by atoms with Crippen molar-refractivity contribution in [3.05, 3.63) is 107 Å². The number of carbonyl (C=O) groups is 1. The predicted octanol–water partition coefficient (Wildman–Crippen LogP) is 2.52. The lowest BCUT2D eigenvalue weighted by Crippen LogP contribution is -2.41. The number of Topliss-reactive ketones (excluding diaryl/α,β-unsaturated/α-hetero) is 1. The van der Waals surface area contributed by atoms with E-state index >= 15 is 0 Å². The molecule has 9 nitrogen and oxygen atoms in total. The molecule has 0 amide bonds. The number of imidazole rings is 1. The molecular weight excluding hydrogens is 500 g/mol. The summed E-state index contributed by atoms with van der Waals surface area (Å²) in [6.45, 7) is 7.74. The van der Waals surface area contributed by atoms with E-state index in [0.717, 1.165) is 39.1 Å². The molecule has 3 aromatic rings. The number of aromatic amines is 1. The molecule has 0 aromatic carbocycles. The highest BCUT2D eigenvalue weighted by atomic mass is 16.1. The predicted molar refractivity (Wildman–Crippen MR) is 154 cm³/mol. The van der Waals surface area contributed by atoms with Gasteiger partial charge in [0.05, 0.1) is 28.2 Å².